The van der Waals surface area contributed by atoms with Crippen molar-refractivity contribution in [3.8, 4) is 0 Å². The Morgan fingerprint density at radius 2 is 2.05 bits per heavy atom. The molecule has 1 aromatic rings. The molecule has 1 fully saturated rings. The topological polar surface area (TPSA) is 49.4 Å². The lowest BCUT2D eigenvalue weighted by Crippen LogP contribution is -2.48. The van der Waals surface area contributed by atoms with Crippen LogP contribution in [0.25, 0.3) is 0 Å². The summed E-state index contributed by atoms with van der Waals surface area (Å²) >= 11 is 3.47. The zero-order valence-corrected chi connectivity index (χ0v) is 13.6. The molecule has 0 bridgehead atoms. The van der Waals surface area contributed by atoms with E-state index in [2.05, 4.69) is 21.2 Å². The Morgan fingerprint density at radius 3 is 2.70 bits per heavy atom. The Morgan fingerprint density at radius 1 is 1.35 bits per heavy atom. The molecule has 0 aliphatic carbocycles. The Kier molecular flexibility index (Phi) is 4.48. The smallest absolute Gasteiger partial charge is 0.251 e. The molecule has 0 saturated carbocycles. The minimum atomic E-state index is -0.0640. The van der Waals surface area contributed by atoms with Gasteiger partial charge in [0.15, 0.2) is 0 Å². The van der Waals surface area contributed by atoms with Crippen LogP contribution in [0, 0.1) is 13.8 Å². The first kappa shape index (κ1) is 15.0. The number of carbonyl (C=O) groups excluding carboxylic acids is 2. The number of piperidine rings is 1. The first-order chi connectivity index (χ1) is 9.38. The van der Waals surface area contributed by atoms with Crippen molar-refractivity contribution in [2.75, 3.05) is 13.6 Å². The van der Waals surface area contributed by atoms with Crippen molar-refractivity contribution in [1.82, 2.24) is 10.2 Å². The van der Waals surface area contributed by atoms with E-state index in [1.165, 1.54) is 0 Å². The van der Waals surface area contributed by atoms with Gasteiger partial charge in [0.2, 0.25) is 5.91 Å². The van der Waals surface area contributed by atoms with Crippen LogP contribution in [0.15, 0.2) is 16.6 Å². The maximum Gasteiger partial charge on any atom is 0.251 e. The largest absolute Gasteiger partial charge is 0.348 e. The van der Waals surface area contributed by atoms with E-state index in [9.17, 15) is 9.59 Å². The van der Waals surface area contributed by atoms with Gasteiger partial charge >= 0.3 is 0 Å². The van der Waals surface area contributed by atoms with Crippen LogP contribution in [0.2, 0.25) is 0 Å². The molecule has 108 valence electrons. The molecule has 1 aliphatic rings. The molecular formula is C15H19BrN2O2. The summed E-state index contributed by atoms with van der Waals surface area (Å²) in [6, 6.07) is 3.89. The number of likely N-dealkylation sites (tertiary alicyclic amines) is 1. The molecule has 0 radical (unpaired) electrons. The van der Waals surface area contributed by atoms with Crippen LogP contribution in [0.4, 0.5) is 0 Å². The van der Waals surface area contributed by atoms with Crippen molar-refractivity contribution in [2.45, 2.75) is 32.7 Å². The predicted molar refractivity (Wildman–Crippen MR) is 81.7 cm³/mol. The summed E-state index contributed by atoms with van der Waals surface area (Å²) in [5.41, 5.74) is 2.68. The molecule has 0 spiro atoms. The van der Waals surface area contributed by atoms with Crippen molar-refractivity contribution >= 4 is 27.7 Å². The highest BCUT2D eigenvalue weighted by Crippen LogP contribution is 2.21. The summed E-state index contributed by atoms with van der Waals surface area (Å²) < 4.78 is 1.01. The average molecular weight is 339 g/mol. The van der Waals surface area contributed by atoms with Crippen molar-refractivity contribution in [2.24, 2.45) is 0 Å². The highest BCUT2D eigenvalue weighted by atomic mass is 79.9. The number of nitrogens with zero attached hydrogens (tertiary/aromatic N) is 1. The Balaban J connectivity index is 2.09. The second-order valence-corrected chi connectivity index (χ2v) is 6.25. The van der Waals surface area contributed by atoms with Gasteiger partial charge in [-0.2, -0.15) is 0 Å². The van der Waals surface area contributed by atoms with E-state index in [1.807, 2.05) is 26.0 Å². The summed E-state index contributed by atoms with van der Waals surface area (Å²) in [7, 11) is 1.77. The number of likely N-dealkylation sites (N-methyl/N-ethyl adjacent to an activating group) is 1. The van der Waals surface area contributed by atoms with Crippen molar-refractivity contribution in [3.63, 3.8) is 0 Å². The number of rotatable bonds is 2. The molecule has 20 heavy (non-hydrogen) atoms. The number of amides is 2. The zero-order chi connectivity index (χ0) is 14.9. The summed E-state index contributed by atoms with van der Waals surface area (Å²) in [6.07, 6.45) is 1.21. The van der Waals surface area contributed by atoms with Crippen LogP contribution in [0.1, 0.15) is 34.3 Å². The molecule has 1 heterocycles. The fourth-order valence-corrected chi connectivity index (χ4v) is 2.88. The second kappa shape index (κ2) is 5.95. The fraction of sp³-hybridized carbons (Fsp3) is 0.467. The number of hydrogen-bond donors (Lipinski definition) is 1. The number of carbonyl (C=O) groups is 2. The standard InChI is InChI=1S/C15H19BrN2O2/c1-9-7-13(16)10(2)6-12(9)15(20)17-11-4-5-14(19)18(3)8-11/h6-7,11H,4-5,8H2,1-3H3,(H,17,20)/t11-/m1/s1. The summed E-state index contributed by atoms with van der Waals surface area (Å²) in [5.74, 6) is 0.0806. The Bertz CT molecular complexity index is 557. The lowest BCUT2D eigenvalue weighted by atomic mass is 10.0. The molecule has 1 aromatic carbocycles. The van der Waals surface area contributed by atoms with Gasteiger partial charge in [-0.15, -0.1) is 0 Å². The maximum atomic E-state index is 12.4. The minimum absolute atomic E-state index is 0.0357. The number of nitrogens with one attached hydrogen (secondary N) is 1. The highest BCUT2D eigenvalue weighted by molar-refractivity contribution is 9.10. The first-order valence-electron chi connectivity index (χ1n) is 6.70. The molecule has 1 saturated heterocycles. The molecule has 0 unspecified atom stereocenters. The zero-order valence-electron chi connectivity index (χ0n) is 12.0. The van der Waals surface area contributed by atoms with Crippen LogP contribution < -0.4 is 5.32 Å². The van der Waals surface area contributed by atoms with Gasteiger partial charge in [0, 0.05) is 36.1 Å². The van der Waals surface area contributed by atoms with Crippen LogP contribution >= 0.6 is 15.9 Å². The minimum Gasteiger partial charge on any atom is -0.348 e. The molecule has 0 aromatic heterocycles. The van der Waals surface area contributed by atoms with E-state index in [0.717, 1.165) is 15.6 Å². The number of benzene rings is 1. The SMILES string of the molecule is Cc1cc(C(=O)N[C@@H]2CCC(=O)N(C)C2)c(C)cc1Br. The molecule has 4 nitrogen and oxygen atoms in total. The molecule has 1 aliphatic heterocycles. The first-order valence-corrected chi connectivity index (χ1v) is 7.49. The molecule has 5 heteroatoms. The molecule has 2 amide bonds. The molecular weight excluding hydrogens is 320 g/mol. The molecule has 1 N–H and O–H groups in total. The number of aryl methyl sites for hydroxylation is 2. The second-order valence-electron chi connectivity index (χ2n) is 5.40. The van der Waals surface area contributed by atoms with Gasteiger partial charge in [0.25, 0.3) is 5.91 Å². The predicted octanol–water partition coefficient (Wildman–Crippen LogP) is 2.42. The molecule has 2 rings (SSSR count). The highest BCUT2D eigenvalue weighted by Gasteiger charge is 2.24. The maximum absolute atomic E-state index is 12.4. The van der Waals surface area contributed by atoms with Crippen LogP contribution in [-0.2, 0) is 4.79 Å². The van der Waals surface area contributed by atoms with Crippen molar-refractivity contribution in [3.05, 3.63) is 33.3 Å². The Labute approximate surface area is 127 Å². The monoisotopic (exact) mass is 338 g/mol. The lowest BCUT2D eigenvalue weighted by molar-refractivity contribution is -0.132. The normalized spacial score (nSPS) is 19.1. The van der Waals surface area contributed by atoms with Gasteiger partial charge in [-0.25, -0.2) is 0 Å². The van der Waals surface area contributed by atoms with Gasteiger partial charge in [-0.3, -0.25) is 9.59 Å². The lowest BCUT2D eigenvalue weighted by Gasteiger charge is -2.30. The van der Waals surface area contributed by atoms with Gasteiger partial charge in [-0.05, 0) is 43.5 Å². The van der Waals surface area contributed by atoms with Gasteiger partial charge in [-0.1, -0.05) is 15.9 Å². The van der Waals surface area contributed by atoms with Crippen LogP contribution in [-0.4, -0.2) is 36.3 Å². The number of halogens is 1. The van der Waals surface area contributed by atoms with Gasteiger partial charge in [0.1, 0.15) is 0 Å². The van der Waals surface area contributed by atoms with Gasteiger partial charge in [0.05, 0.1) is 0 Å². The van der Waals surface area contributed by atoms with E-state index in [4.69, 9.17) is 0 Å². The quantitative estimate of drug-likeness (QED) is 0.900. The summed E-state index contributed by atoms with van der Waals surface area (Å²) in [5, 5.41) is 3.03. The number of hydrogen-bond acceptors (Lipinski definition) is 2. The summed E-state index contributed by atoms with van der Waals surface area (Å²) in [6.45, 7) is 4.47. The van der Waals surface area contributed by atoms with E-state index in [-0.39, 0.29) is 17.9 Å². The third-order valence-electron chi connectivity index (χ3n) is 3.71. The van der Waals surface area contributed by atoms with Gasteiger partial charge < -0.3 is 10.2 Å². The van der Waals surface area contributed by atoms with E-state index < -0.39 is 0 Å². The van der Waals surface area contributed by atoms with Crippen LogP contribution in [0.3, 0.4) is 0 Å². The van der Waals surface area contributed by atoms with Crippen molar-refractivity contribution in [1.29, 1.82) is 0 Å². The molecule has 1 atom stereocenters. The fourth-order valence-electron chi connectivity index (χ4n) is 2.42. The van der Waals surface area contributed by atoms with E-state index >= 15 is 0 Å². The van der Waals surface area contributed by atoms with E-state index in [0.29, 0.717) is 24.9 Å². The van der Waals surface area contributed by atoms with E-state index in [1.54, 1.807) is 11.9 Å². The Hall–Kier alpha value is -1.36. The average Bonchev–Trinajstić information content (AvgIpc) is 2.38. The third-order valence-corrected chi connectivity index (χ3v) is 4.57. The van der Waals surface area contributed by atoms with Crippen LogP contribution in [0.5, 0.6) is 0 Å². The summed E-state index contributed by atoms with van der Waals surface area (Å²) in [4.78, 5) is 25.5. The third kappa shape index (κ3) is 3.20. The van der Waals surface area contributed by atoms with Crippen molar-refractivity contribution < 1.29 is 9.59 Å².